The molecule has 2 saturated heterocycles. The summed E-state index contributed by atoms with van der Waals surface area (Å²) in [5.41, 5.74) is 0.472. The molecule has 0 saturated carbocycles. The van der Waals surface area contributed by atoms with Crippen molar-refractivity contribution < 1.29 is 23.9 Å². The first-order valence-electron chi connectivity index (χ1n) is 10.6. The normalized spacial score (nSPS) is 21.7. The number of benzene rings is 1. The third kappa shape index (κ3) is 4.28. The number of imide groups is 1. The zero-order valence-corrected chi connectivity index (χ0v) is 17.6. The number of anilines is 1. The number of amides is 3. The summed E-state index contributed by atoms with van der Waals surface area (Å²) in [4.78, 5) is 41.1. The first kappa shape index (κ1) is 20.7. The molecule has 4 rings (SSSR count). The highest BCUT2D eigenvalue weighted by atomic mass is 16.7. The number of fused-ring (bicyclic) bond motifs is 1. The van der Waals surface area contributed by atoms with E-state index in [1.54, 1.807) is 18.2 Å². The van der Waals surface area contributed by atoms with Gasteiger partial charge in [0.15, 0.2) is 11.5 Å². The van der Waals surface area contributed by atoms with Gasteiger partial charge in [-0.15, -0.1) is 0 Å². The summed E-state index contributed by atoms with van der Waals surface area (Å²) >= 11 is 0. The second-order valence-electron chi connectivity index (χ2n) is 8.82. The van der Waals surface area contributed by atoms with Gasteiger partial charge in [0.1, 0.15) is 0 Å². The molecular weight excluding hydrogens is 386 g/mol. The molecule has 0 radical (unpaired) electrons. The number of likely N-dealkylation sites (tertiary alicyclic amines) is 2. The smallest absolute Gasteiger partial charge is 0.231 e. The first-order valence-corrected chi connectivity index (χ1v) is 10.6. The van der Waals surface area contributed by atoms with Crippen molar-refractivity contribution >= 4 is 23.4 Å². The van der Waals surface area contributed by atoms with E-state index in [0.29, 0.717) is 62.6 Å². The van der Waals surface area contributed by atoms with Crippen LogP contribution in [0.2, 0.25) is 0 Å². The lowest BCUT2D eigenvalue weighted by atomic mass is 9.77. The van der Waals surface area contributed by atoms with Crippen molar-refractivity contribution in [2.24, 2.45) is 11.3 Å². The molecule has 0 bridgehead atoms. The van der Waals surface area contributed by atoms with E-state index in [1.165, 1.54) is 4.90 Å². The van der Waals surface area contributed by atoms with Crippen molar-refractivity contribution in [3.8, 4) is 11.5 Å². The lowest BCUT2D eigenvalue weighted by Gasteiger charge is -2.40. The maximum atomic E-state index is 12.7. The predicted molar refractivity (Wildman–Crippen MR) is 110 cm³/mol. The average Bonchev–Trinajstić information content (AvgIpc) is 3.19. The van der Waals surface area contributed by atoms with Crippen molar-refractivity contribution in [1.82, 2.24) is 9.80 Å². The van der Waals surface area contributed by atoms with Crippen molar-refractivity contribution in [2.75, 3.05) is 31.9 Å². The minimum atomic E-state index is -0.218. The summed E-state index contributed by atoms with van der Waals surface area (Å²) in [5, 5.41) is 2.96. The van der Waals surface area contributed by atoms with Gasteiger partial charge in [-0.1, -0.05) is 13.8 Å². The minimum absolute atomic E-state index is 0.0163. The second kappa shape index (κ2) is 8.26. The molecule has 162 valence electrons. The molecule has 1 N–H and O–H groups in total. The lowest BCUT2D eigenvalue weighted by Crippen LogP contribution is -2.52. The quantitative estimate of drug-likeness (QED) is 0.744. The van der Waals surface area contributed by atoms with Crippen LogP contribution < -0.4 is 14.8 Å². The fourth-order valence-electron chi connectivity index (χ4n) is 4.29. The van der Waals surface area contributed by atoms with Crippen molar-refractivity contribution in [1.29, 1.82) is 0 Å². The topological polar surface area (TPSA) is 88.2 Å². The van der Waals surface area contributed by atoms with E-state index in [9.17, 15) is 14.4 Å². The molecule has 0 unspecified atom stereocenters. The van der Waals surface area contributed by atoms with E-state index in [2.05, 4.69) is 10.2 Å². The molecule has 1 aromatic rings. The van der Waals surface area contributed by atoms with Crippen LogP contribution in [0.3, 0.4) is 0 Å². The summed E-state index contributed by atoms with van der Waals surface area (Å²) in [6, 6.07) is 5.36. The molecule has 3 aliphatic rings. The Labute approximate surface area is 176 Å². The molecule has 0 aromatic heterocycles. The number of rotatable bonds is 5. The number of hydrogen-bond donors (Lipinski definition) is 1. The number of ether oxygens (including phenoxy) is 2. The van der Waals surface area contributed by atoms with Crippen LogP contribution >= 0.6 is 0 Å². The highest BCUT2D eigenvalue weighted by molar-refractivity contribution is 5.98. The molecular formula is C22H29N3O5. The van der Waals surface area contributed by atoms with Crippen molar-refractivity contribution in [2.45, 2.75) is 46.0 Å². The standard InChI is InChI=1S/C22H29N3O5/c1-3-22(2)11-19(26)25(20(27)12-22)13-24-8-6-15(7-9-24)21(28)23-16-4-5-17-18(10-16)30-14-29-17/h4-5,10,15H,3,6-9,11-14H2,1-2H3,(H,23,28). The van der Waals surface area contributed by atoms with E-state index < -0.39 is 0 Å². The Hall–Kier alpha value is -2.61. The molecule has 30 heavy (non-hydrogen) atoms. The number of nitrogens with one attached hydrogen (secondary N) is 1. The van der Waals surface area contributed by atoms with Crippen LogP contribution in [0.5, 0.6) is 11.5 Å². The van der Waals surface area contributed by atoms with Crippen LogP contribution in [0.4, 0.5) is 5.69 Å². The van der Waals surface area contributed by atoms with Gasteiger partial charge in [-0.2, -0.15) is 0 Å². The van der Waals surface area contributed by atoms with Crippen LogP contribution in [0.25, 0.3) is 0 Å². The van der Waals surface area contributed by atoms with E-state index in [-0.39, 0.29) is 35.8 Å². The number of hydrogen-bond acceptors (Lipinski definition) is 6. The van der Waals surface area contributed by atoms with Gasteiger partial charge in [0, 0.05) is 43.6 Å². The van der Waals surface area contributed by atoms with Gasteiger partial charge in [-0.05, 0) is 36.8 Å². The predicted octanol–water partition coefficient (Wildman–Crippen LogP) is 2.59. The van der Waals surface area contributed by atoms with Crippen molar-refractivity contribution in [3.63, 3.8) is 0 Å². The summed E-state index contributed by atoms with van der Waals surface area (Å²) in [6.07, 6.45) is 3.05. The van der Waals surface area contributed by atoms with Gasteiger partial charge in [-0.25, -0.2) is 0 Å². The molecule has 3 heterocycles. The molecule has 2 fully saturated rings. The van der Waals surface area contributed by atoms with Gasteiger partial charge in [0.25, 0.3) is 0 Å². The number of nitrogens with zero attached hydrogens (tertiary/aromatic N) is 2. The average molecular weight is 415 g/mol. The van der Waals surface area contributed by atoms with Gasteiger partial charge >= 0.3 is 0 Å². The van der Waals surface area contributed by atoms with Gasteiger partial charge < -0.3 is 14.8 Å². The van der Waals surface area contributed by atoms with Crippen molar-refractivity contribution in [3.05, 3.63) is 18.2 Å². The summed E-state index contributed by atoms with van der Waals surface area (Å²) < 4.78 is 10.6. The van der Waals surface area contributed by atoms with Crippen LogP contribution in [0.15, 0.2) is 18.2 Å². The zero-order valence-electron chi connectivity index (χ0n) is 17.6. The Kier molecular flexibility index (Phi) is 5.69. The Morgan fingerprint density at radius 1 is 1.13 bits per heavy atom. The number of piperidine rings is 2. The monoisotopic (exact) mass is 415 g/mol. The third-order valence-electron chi connectivity index (χ3n) is 6.55. The summed E-state index contributed by atoms with van der Waals surface area (Å²) in [5.74, 6) is 1.04. The largest absolute Gasteiger partial charge is 0.454 e. The molecule has 3 amide bonds. The number of carbonyl (C=O) groups is 3. The fourth-order valence-corrected chi connectivity index (χ4v) is 4.29. The second-order valence-corrected chi connectivity index (χ2v) is 8.82. The summed E-state index contributed by atoms with van der Waals surface area (Å²) in [7, 11) is 0. The molecule has 0 atom stereocenters. The molecule has 8 nitrogen and oxygen atoms in total. The molecule has 3 aliphatic heterocycles. The minimum Gasteiger partial charge on any atom is -0.454 e. The van der Waals surface area contributed by atoms with Crippen LogP contribution in [0.1, 0.15) is 46.0 Å². The van der Waals surface area contributed by atoms with E-state index in [0.717, 1.165) is 6.42 Å². The van der Waals surface area contributed by atoms with E-state index in [1.807, 2.05) is 13.8 Å². The summed E-state index contributed by atoms with van der Waals surface area (Å²) in [6.45, 7) is 5.92. The van der Waals surface area contributed by atoms with Crippen LogP contribution in [-0.4, -0.2) is 54.1 Å². The van der Waals surface area contributed by atoms with Gasteiger partial charge in [0.2, 0.25) is 24.5 Å². The number of carbonyl (C=O) groups excluding carboxylic acids is 3. The van der Waals surface area contributed by atoms with Gasteiger partial charge in [-0.3, -0.25) is 24.2 Å². The third-order valence-corrected chi connectivity index (χ3v) is 6.55. The maximum absolute atomic E-state index is 12.7. The molecule has 0 aliphatic carbocycles. The molecule has 8 heteroatoms. The molecule has 0 spiro atoms. The van der Waals surface area contributed by atoms with E-state index in [4.69, 9.17) is 9.47 Å². The van der Waals surface area contributed by atoms with E-state index >= 15 is 0 Å². The first-order chi connectivity index (χ1) is 14.4. The fraction of sp³-hybridized carbons (Fsp3) is 0.591. The maximum Gasteiger partial charge on any atom is 0.231 e. The molecule has 1 aromatic carbocycles. The highest BCUT2D eigenvalue weighted by Crippen LogP contribution is 2.36. The lowest BCUT2D eigenvalue weighted by molar-refractivity contribution is -0.156. The Morgan fingerprint density at radius 2 is 1.80 bits per heavy atom. The SMILES string of the molecule is CCC1(C)CC(=O)N(CN2CCC(C(=O)Nc3ccc4c(c3)OCO4)CC2)C(=O)C1. The zero-order chi connectivity index (χ0) is 21.3. The Morgan fingerprint density at radius 3 is 2.47 bits per heavy atom. The Bertz CT molecular complexity index is 829. The van der Waals surface area contributed by atoms with Gasteiger partial charge in [0.05, 0.1) is 6.67 Å². The van der Waals surface area contributed by atoms with Crippen LogP contribution in [0, 0.1) is 11.3 Å². The highest BCUT2D eigenvalue weighted by Gasteiger charge is 2.40. The Balaban J connectivity index is 1.27. The van der Waals surface area contributed by atoms with Crippen LogP contribution in [-0.2, 0) is 14.4 Å².